The van der Waals surface area contributed by atoms with E-state index in [4.69, 9.17) is 5.21 Å². The number of aryl methyl sites for hydroxylation is 2. The Kier molecular flexibility index (Phi) is 4.54. The molecule has 0 aliphatic carbocycles. The van der Waals surface area contributed by atoms with Gasteiger partial charge in [-0.1, -0.05) is 36.4 Å². The minimum absolute atomic E-state index is 0.537. The summed E-state index contributed by atoms with van der Waals surface area (Å²) in [5, 5.41) is 9.62. The first-order valence-corrected chi connectivity index (χ1v) is 7.51. The molecule has 2 N–H and O–H groups in total. The molecule has 0 saturated carbocycles. The number of carbonyl (C=O) groups is 1. The maximum atomic E-state index is 11.0. The van der Waals surface area contributed by atoms with E-state index >= 15 is 0 Å². The molecule has 23 heavy (non-hydrogen) atoms. The molecule has 1 heterocycles. The number of nitrogens with one attached hydrogen (secondary N) is 1. The molecule has 1 amide bonds. The zero-order valence-corrected chi connectivity index (χ0v) is 12.6. The summed E-state index contributed by atoms with van der Waals surface area (Å²) in [5.41, 5.74) is 4.99. The van der Waals surface area contributed by atoms with Gasteiger partial charge in [0.2, 0.25) is 0 Å². The lowest BCUT2D eigenvalue weighted by Gasteiger charge is -2.06. The normalized spacial score (nSPS) is 11.2. The van der Waals surface area contributed by atoms with E-state index in [-0.39, 0.29) is 0 Å². The first-order chi connectivity index (χ1) is 11.3. The van der Waals surface area contributed by atoms with Crippen LogP contribution in [0.5, 0.6) is 0 Å². The summed E-state index contributed by atoms with van der Waals surface area (Å²) in [6.45, 7) is 0.926. The standard InChI is InChI=1S/C19H18N2O2/c22-19(20-23)9-7-16-6-8-18-17(14-16)11-13-21(18)12-10-15-4-2-1-3-5-15/h1-9,11,13-14,23H,10,12H2,(H,20,22). The van der Waals surface area contributed by atoms with Crippen LogP contribution in [0.25, 0.3) is 17.0 Å². The molecule has 0 radical (unpaired) electrons. The van der Waals surface area contributed by atoms with Gasteiger partial charge in [0.15, 0.2) is 0 Å². The molecule has 0 saturated heterocycles. The number of hydroxylamine groups is 1. The van der Waals surface area contributed by atoms with Crippen molar-refractivity contribution in [1.29, 1.82) is 0 Å². The largest absolute Gasteiger partial charge is 0.347 e. The van der Waals surface area contributed by atoms with E-state index in [9.17, 15) is 4.79 Å². The Morgan fingerprint density at radius 3 is 2.74 bits per heavy atom. The van der Waals surface area contributed by atoms with Crippen molar-refractivity contribution in [2.45, 2.75) is 13.0 Å². The van der Waals surface area contributed by atoms with Gasteiger partial charge in [0.25, 0.3) is 5.91 Å². The summed E-state index contributed by atoms with van der Waals surface area (Å²) in [6, 6.07) is 18.5. The van der Waals surface area contributed by atoms with Crippen LogP contribution >= 0.6 is 0 Å². The Morgan fingerprint density at radius 1 is 1.13 bits per heavy atom. The zero-order valence-electron chi connectivity index (χ0n) is 12.6. The lowest BCUT2D eigenvalue weighted by atomic mass is 10.1. The average Bonchev–Trinajstić information content (AvgIpc) is 3.01. The van der Waals surface area contributed by atoms with Gasteiger partial charge >= 0.3 is 0 Å². The third-order valence-electron chi connectivity index (χ3n) is 3.82. The lowest BCUT2D eigenvalue weighted by molar-refractivity contribution is -0.124. The molecule has 2 aromatic carbocycles. The fourth-order valence-corrected chi connectivity index (χ4v) is 2.62. The second-order valence-electron chi connectivity index (χ2n) is 5.37. The fraction of sp³-hybridized carbons (Fsp3) is 0.105. The van der Waals surface area contributed by atoms with Crippen LogP contribution in [-0.4, -0.2) is 15.7 Å². The topological polar surface area (TPSA) is 54.3 Å². The van der Waals surface area contributed by atoms with Crippen LogP contribution in [0, 0.1) is 0 Å². The molecular weight excluding hydrogens is 288 g/mol. The highest BCUT2D eigenvalue weighted by molar-refractivity contribution is 5.92. The smallest absolute Gasteiger partial charge is 0.267 e. The van der Waals surface area contributed by atoms with Gasteiger partial charge in [-0.2, -0.15) is 0 Å². The Morgan fingerprint density at radius 2 is 1.96 bits per heavy atom. The SMILES string of the molecule is O=C(C=Cc1ccc2c(ccn2CCc2ccccc2)c1)NO. The zero-order chi connectivity index (χ0) is 16.1. The van der Waals surface area contributed by atoms with Gasteiger partial charge in [0.1, 0.15) is 0 Å². The van der Waals surface area contributed by atoms with E-state index in [2.05, 4.69) is 47.2 Å². The summed E-state index contributed by atoms with van der Waals surface area (Å²) in [7, 11) is 0. The Hall–Kier alpha value is -2.85. The Balaban J connectivity index is 1.76. The van der Waals surface area contributed by atoms with Crippen molar-refractivity contribution in [2.75, 3.05) is 0 Å². The molecule has 116 valence electrons. The molecule has 3 aromatic rings. The summed E-state index contributed by atoms with van der Waals surface area (Å²) in [4.78, 5) is 11.0. The number of amides is 1. The van der Waals surface area contributed by atoms with Crippen LogP contribution in [0.4, 0.5) is 0 Å². The molecule has 0 bridgehead atoms. The average molecular weight is 306 g/mol. The van der Waals surface area contributed by atoms with Crippen molar-refractivity contribution in [3.8, 4) is 0 Å². The number of hydrogen-bond donors (Lipinski definition) is 2. The van der Waals surface area contributed by atoms with E-state index in [0.717, 1.165) is 23.9 Å². The van der Waals surface area contributed by atoms with E-state index < -0.39 is 5.91 Å². The minimum atomic E-state index is -0.537. The number of fused-ring (bicyclic) bond motifs is 1. The number of aromatic nitrogens is 1. The van der Waals surface area contributed by atoms with Crippen LogP contribution in [0.3, 0.4) is 0 Å². The van der Waals surface area contributed by atoms with Crippen LogP contribution in [0.1, 0.15) is 11.1 Å². The number of hydrogen-bond acceptors (Lipinski definition) is 2. The third-order valence-corrected chi connectivity index (χ3v) is 3.82. The predicted molar refractivity (Wildman–Crippen MR) is 91.0 cm³/mol. The quantitative estimate of drug-likeness (QED) is 0.431. The van der Waals surface area contributed by atoms with Crippen molar-refractivity contribution in [3.05, 3.63) is 78.0 Å². The summed E-state index contributed by atoms with van der Waals surface area (Å²) in [6.07, 6.45) is 6.05. The third kappa shape index (κ3) is 3.67. The molecule has 4 heteroatoms. The molecular formula is C19H18N2O2. The number of rotatable bonds is 5. The van der Waals surface area contributed by atoms with Gasteiger partial charge < -0.3 is 4.57 Å². The highest BCUT2D eigenvalue weighted by Gasteiger charge is 2.02. The molecule has 0 unspecified atom stereocenters. The number of benzene rings is 2. The van der Waals surface area contributed by atoms with Crippen molar-refractivity contribution < 1.29 is 10.0 Å². The van der Waals surface area contributed by atoms with Gasteiger partial charge in [-0.3, -0.25) is 10.0 Å². The summed E-state index contributed by atoms with van der Waals surface area (Å²) in [5.74, 6) is -0.537. The van der Waals surface area contributed by atoms with E-state index in [1.54, 1.807) is 11.6 Å². The lowest BCUT2D eigenvalue weighted by Crippen LogP contribution is -2.14. The molecule has 1 aromatic heterocycles. The minimum Gasteiger partial charge on any atom is -0.347 e. The van der Waals surface area contributed by atoms with Crippen LogP contribution in [0.2, 0.25) is 0 Å². The summed E-state index contributed by atoms with van der Waals surface area (Å²) < 4.78 is 2.23. The highest BCUT2D eigenvalue weighted by atomic mass is 16.5. The van der Waals surface area contributed by atoms with Gasteiger partial charge in [0, 0.05) is 29.7 Å². The molecule has 0 atom stereocenters. The van der Waals surface area contributed by atoms with Crippen molar-refractivity contribution in [1.82, 2.24) is 10.0 Å². The molecule has 0 spiro atoms. The second kappa shape index (κ2) is 6.94. The monoisotopic (exact) mass is 306 g/mol. The molecule has 3 rings (SSSR count). The van der Waals surface area contributed by atoms with Crippen LogP contribution in [0.15, 0.2) is 66.9 Å². The van der Waals surface area contributed by atoms with Crippen molar-refractivity contribution in [2.24, 2.45) is 0 Å². The van der Waals surface area contributed by atoms with Gasteiger partial charge in [-0.25, -0.2) is 5.48 Å². The first-order valence-electron chi connectivity index (χ1n) is 7.51. The molecule has 0 fully saturated rings. The number of carbonyl (C=O) groups excluding carboxylic acids is 1. The van der Waals surface area contributed by atoms with E-state index in [0.29, 0.717) is 0 Å². The van der Waals surface area contributed by atoms with E-state index in [1.165, 1.54) is 17.2 Å². The van der Waals surface area contributed by atoms with Gasteiger partial charge in [-0.05, 0) is 41.8 Å². The molecule has 4 nitrogen and oxygen atoms in total. The second-order valence-corrected chi connectivity index (χ2v) is 5.37. The molecule has 0 aliphatic heterocycles. The predicted octanol–water partition coefficient (Wildman–Crippen LogP) is 3.40. The highest BCUT2D eigenvalue weighted by Crippen LogP contribution is 2.19. The first kappa shape index (κ1) is 15.1. The Labute approximate surface area is 134 Å². The summed E-state index contributed by atoms with van der Waals surface area (Å²) >= 11 is 0. The van der Waals surface area contributed by atoms with Crippen molar-refractivity contribution >= 4 is 22.9 Å². The molecule has 0 aliphatic rings. The Bertz CT molecular complexity index is 835. The maximum absolute atomic E-state index is 11.0. The van der Waals surface area contributed by atoms with Crippen LogP contribution < -0.4 is 5.48 Å². The van der Waals surface area contributed by atoms with Crippen molar-refractivity contribution in [3.63, 3.8) is 0 Å². The van der Waals surface area contributed by atoms with Crippen LogP contribution in [-0.2, 0) is 17.8 Å². The van der Waals surface area contributed by atoms with E-state index in [1.807, 2.05) is 18.2 Å². The van der Waals surface area contributed by atoms with Gasteiger partial charge in [0.05, 0.1) is 0 Å². The number of nitrogens with zero attached hydrogens (tertiary/aromatic N) is 1. The maximum Gasteiger partial charge on any atom is 0.267 e. The van der Waals surface area contributed by atoms with Gasteiger partial charge in [-0.15, -0.1) is 0 Å². The fourth-order valence-electron chi connectivity index (χ4n) is 2.62.